The third-order valence-electron chi connectivity index (χ3n) is 7.54. The third kappa shape index (κ3) is 5.07. The van der Waals surface area contributed by atoms with Crippen LogP contribution >= 0.6 is 7.92 Å². The first-order valence-electron chi connectivity index (χ1n) is 11.8. The van der Waals surface area contributed by atoms with Crippen molar-refractivity contribution >= 4 is 24.6 Å². The zero-order chi connectivity index (χ0) is 23.2. The number of rotatable bonds is 5. The predicted octanol–water partition coefficient (Wildman–Crippen LogP) is 1.96. The number of halogens is 2. The van der Waals surface area contributed by atoms with Gasteiger partial charge in [-0.2, -0.15) is 0 Å². The average molecular weight is 553 g/mol. The topological polar surface area (TPSA) is 0 Å². The number of benzene rings is 3. The number of hydrogen-bond acceptors (Lipinski definition) is 0. The minimum absolute atomic E-state index is 0. The molecule has 0 aliphatic heterocycles. The number of hydrogen-bond donors (Lipinski definition) is 0. The molecule has 178 valence electrons. The molecule has 2 aliphatic rings. The van der Waals surface area contributed by atoms with E-state index in [-0.39, 0.29) is 30.2 Å². The Morgan fingerprint density at radius 1 is 0.686 bits per heavy atom. The van der Waals surface area contributed by atoms with Crippen molar-refractivity contribution in [3.8, 4) is 0 Å². The summed E-state index contributed by atoms with van der Waals surface area (Å²) in [5, 5.41) is 4.55. The molecule has 2 aliphatic carbocycles. The van der Waals surface area contributed by atoms with Gasteiger partial charge in [0.15, 0.2) is 0 Å². The Morgan fingerprint density at radius 3 is 1.71 bits per heavy atom. The second-order valence-electron chi connectivity index (χ2n) is 9.66. The quantitative estimate of drug-likeness (QED) is 0.335. The van der Waals surface area contributed by atoms with Crippen LogP contribution in [0.3, 0.4) is 0 Å². The Labute approximate surface area is 233 Å². The van der Waals surface area contributed by atoms with Crippen LogP contribution in [0.1, 0.15) is 50.0 Å². The van der Waals surface area contributed by atoms with Crippen LogP contribution in [-0.4, -0.2) is 0 Å². The van der Waals surface area contributed by atoms with Crippen molar-refractivity contribution in [3.63, 3.8) is 0 Å². The molecule has 0 nitrogen and oxygen atoms in total. The van der Waals surface area contributed by atoms with Gasteiger partial charge in [-0.25, -0.2) is 0 Å². The van der Waals surface area contributed by atoms with Crippen LogP contribution in [0.15, 0.2) is 111 Å². The Balaban J connectivity index is 0.00000171. The molecule has 4 heteroatoms. The van der Waals surface area contributed by atoms with Crippen LogP contribution in [-0.2, 0) is 19.2 Å². The minimum atomic E-state index is -0.569. The summed E-state index contributed by atoms with van der Waals surface area (Å²) in [6, 6.07) is 31.5. The zero-order valence-corrected chi connectivity index (χ0v) is 24.9. The molecule has 0 radical (unpaired) electrons. The summed E-state index contributed by atoms with van der Waals surface area (Å²) in [5.74, 6) is 0. The predicted molar refractivity (Wildman–Crippen MR) is 141 cm³/mol. The van der Waals surface area contributed by atoms with Crippen molar-refractivity contribution in [2.75, 3.05) is 0 Å². The summed E-state index contributed by atoms with van der Waals surface area (Å²) in [5.41, 5.74) is 7.79. The van der Waals surface area contributed by atoms with E-state index in [9.17, 15) is 0 Å². The van der Waals surface area contributed by atoms with Crippen molar-refractivity contribution < 1.29 is 44.0 Å². The van der Waals surface area contributed by atoms with E-state index in [1.165, 1.54) is 21.7 Å². The van der Waals surface area contributed by atoms with Gasteiger partial charge in [0.1, 0.15) is 0 Å². The SMILES string of the molecule is CC1=C(C)C(C)(C)[C]([Ti+2][CH]2C(P(c3ccccc3)c3ccccc3)=Cc3ccccc32)=C1C.[Cl-].[Cl-]. The molecule has 3 aromatic carbocycles. The standard InChI is InChI=1S/C21H16P.C10H15.2ClH.Ti/c1-3-11-19(12-4-1)22(20-13-5-2-6-14-20)21-15-17-9-7-8-10-18(17)16-21;1-7-6-10(4,5)9(3)8(7)2;;;/h1-16H;1-5H3;2*1H;/q;;;;+2/p-2. The van der Waals surface area contributed by atoms with Crippen molar-refractivity contribution in [3.05, 3.63) is 122 Å². The van der Waals surface area contributed by atoms with E-state index in [0.717, 1.165) is 0 Å². The molecule has 0 N–H and O–H groups in total. The Kier molecular flexibility index (Phi) is 9.13. The molecule has 0 bridgehead atoms. The van der Waals surface area contributed by atoms with Gasteiger partial charge in [0.2, 0.25) is 0 Å². The van der Waals surface area contributed by atoms with Crippen molar-refractivity contribution in [1.29, 1.82) is 0 Å². The average Bonchev–Trinajstić information content (AvgIpc) is 3.26. The summed E-state index contributed by atoms with van der Waals surface area (Å²) >= 11 is -0.407. The van der Waals surface area contributed by atoms with E-state index in [2.05, 4.69) is 126 Å². The Morgan fingerprint density at radius 2 is 1.20 bits per heavy atom. The normalized spacial score (nSPS) is 18.0. The first-order chi connectivity index (χ1) is 15.9. The maximum atomic E-state index is 2.54. The summed E-state index contributed by atoms with van der Waals surface area (Å²) in [7, 11) is -0.569. The van der Waals surface area contributed by atoms with Gasteiger partial charge in [0, 0.05) is 0 Å². The summed E-state index contributed by atoms with van der Waals surface area (Å²) < 4.78 is 2.27. The second-order valence-corrected chi connectivity index (χ2v) is 14.0. The van der Waals surface area contributed by atoms with Gasteiger partial charge >= 0.3 is 210 Å². The molecule has 3 aromatic rings. The first-order valence-corrected chi connectivity index (χ1v) is 14.8. The van der Waals surface area contributed by atoms with Gasteiger partial charge in [-0.1, -0.05) is 0 Å². The van der Waals surface area contributed by atoms with E-state index in [1.54, 1.807) is 25.9 Å². The van der Waals surface area contributed by atoms with Crippen LogP contribution in [0.25, 0.3) is 6.08 Å². The molecule has 0 spiro atoms. The van der Waals surface area contributed by atoms with E-state index < -0.39 is 27.1 Å². The van der Waals surface area contributed by atoms with Crippen LogP contribution in [0.5, 0.6) is 0 Å². The summed E-state index contributed by atoms with van der Waals surface area (Å²) in [4.78, 5) is 0. The molecule has 1 unspecified atom stereocenters. The molecular weight excluding hydrogens is 522 g/mol. The third-order valence-corrected chi connectivity index (χ3v) is 13.9. The Hall–Kier alpha value is -1.40. The van der Waals surface area contributed by atoms with Crippen molar-refractivity contribution in [2.45, 2.75) is 38.8 Å². The fourth-order valence-corrected chi connectivity index (χ4v) is 11.6. The van der Waals surface area contributed by atoms with Gasteiger partial charge in [-0.05, 0) is 0 Å². The van der Waals surface area contributed by atoms with Gasteiger partial charge in [-0.15, -0.1) is 0 Å². The summed E-state index contributed by atoms with van der Waals surface area (Å²) in [6.45, 7) is 11.9. The number of fused-ring (bicyclic) bond motifs is 1. The van der Waals surface area contributed by atoms with Gasteiger partial charge in [0.25, 0.3) is 0 Å². The van der Waals surface area contributed by atoms with Crippen LogP contribution in [0.4, 0.5) is 0 Å². The smallest absolute Gasteiger partial charge is 1.00 e. The fourth-order valence-electron chi connectivity index (χ4n) is 5.28. The molecule has 0 saturated heterocycles. The van der Waals surface area contributed by atoms with Crippen molar-refractivity contribution in [2.24, 2.45) is 5.41 Å². The molecule has 5 rings (SSSR count). The minimum Gasteiger partial charge on any atom is -1.00 e. The molecule has 0 heterocycles. The van der Waals surface area contributed by atoms with Crippen LogP contribution in [0.2, 0.25) is 0 Å². The number of allylic oxidation sites excluding steroid dienone is 5. The second kappa shape index (κ2) is 11.3. The van der Waals surface area contributed by atoms with E-state index in [1.807, 2.05) is 0 Å². The van der Waals surface area contributed by atoms with E-state index in [4.69, 9.17) is 0 Å². The van der Waals surface area contributed by atoms with Gasteiger partial charge in [-0.3, -0.25) is 0 Å². The molecule has 35 heavy (non-hydrogen) atoms. The molecule has 0 amide bonds. The molecule has 0 aromatic heterocycles. The first kappa shape index (κ1) is 28.2. The fraction of sp³-hybridized carbons (Fsp3) is 0.226. The van der Waals surface area contributed by atoms with Gasteiger partial charge in [0.05, 0.1) is 0 Å². The molecule has 0 saturated carbocycles. The van der Waals surface area contributed by atoms with E-state index >= 15 is 0 Å². The monoisotopic (exact) mass is 552 g/mol. The summed E-state index contributed by atoms with van der Waals surface area (Å²) in [6.07, 6.45) is 2.54. The maximum absolute atomic E-state index is 2.54. The van der Waals surface area contributed by atoms with Crippen LogP contribution < -0.4 is 35.4 Å². The zero-order valence-electron chi connectivity index (χ0n) is 20.9. The van der Waals surface area contributed by atoms with Crippen molar-refractivity contribution in [1.82, 2.24) is 0 Å². The maximum Gasteiger partial charge on any atom is -1.00 e. The van der Waals surface area contributed by atoms with Crippen LogP contribution in [0, 0.1) is 5.41 Å². The van der Waals surface area contributed by atoms with Gasteiger partial charge < -0.3 is 24.8 Å². The molecule has 1 atom stereocenters. The van der Waals surface area contributed by atoms with E-state index in [0.29, 0.717) is 4.22 Å². The molecule has 0 fully saturated rings. The largest absolute Gasteiger partial charge is 1.00 e. The molecular formula is C31H31Cl2PTi. The Bertz CT molecular complexity index is 1250.